The SMILES string of the molecule is NCCc1ccccc1.[Cl-].[Pd]. The summed E-state index contributed by atoms with van der Waals surface area (Å²) in [5.74, 6) is 0. The Morgan fingerprint density at radius 1 is 1.09 bits per heavy atom. The van der Waals surface area contributed by atoms with Crippen molar-refractivity contribution in [1.29, 1.82) is 0 Å². The summed E-state index contributed by atoms with van der Waals surface area (Å²) in [5.41, 5.74) is 6.68. The summed E-state index contributed by atoms with van der Waals surface area (Å²) in [6.07, 6.45) is 0.987. The molecule has 0 atom stereocenters. The molecule has 0 spiro atoms. The molecular weight excluding hydrogens is 252 g/mol. The van der Waals surface area contributed by atoms with Gasteiger partial charge in [0.05, 0.1) is 0 Å². The van der Waals surface area contributed by atoms with Crippen molar-refractivity contribution in [2.45, 2.75) is 6.42 Å². The maximum Gasteiger partial charge on any atom is 0 e. The Morgan fingerprint density at radius 2 is 1.64 bits per heavy atom. The van der Waals surface area contributed by atoms with Crippen LogP contribution in [0.3, 0.4) is 0 Å². The summed E-state index contributed by atoms with van der Waals surface area (Å²) in [4.78, 5) is 0. The van der Waals surface area contributed by atoms with E-state index in [1.54, 1.807) is 0 Å². The van der Waals surface area contributed by atoms with E-state index in [1.807, 2.05) is 18.2 Å². The van der Waals surface area contributed by atoms with E-state index >= 15 is 0 Å². The molecule has 0 saturated heterocycles. The van der Waals surface area contributed by atoms with Gasteiger partial charge in [0, 0.05) is 20.4 Å². The molecule has 3 heteroatoms. The van der Waals surface area contributed by atoms with Crippen molar-refractivity contribution >= 4 is 0 Å². The van der Waals surface area contributed by atoms with Gasteiger partial charge in [0.1, 0.15) is 0 Å². The largest absolute Gasteiger partial charge is 1.00 e. The van der Waals surface area contributed by atoms with Crippen LogP contribution in [-0.2, 0) is 26.8 Å². The predicted molar refractivity (Wildman–Crippen MR) is 39.2 cm³/mol. The number of nitrogens with two attached hydrogens (primary N) is 1. The smallest absolute Gasteiger partial charge is 0 e. The molecule has 0 aliphatic carbocycles. The van der Waals surface area contributed by atoms with E-state index in [2.05, 4.69) is 12.1 Å². The van der Waals surface area contributed by atoms with Crippen molar-refractivity contribution in [2.24, 2.45) is 5.73 Å². The average Bonchev–Trinajstić information content (AvgIpc) is 1.91. The molecule has 1 rings (SSSR count). The van der Waals surface area contributed by atoms with Crippen LogP contribution in [0.1, 0.15) is 5.56 Å². The molecule has 2 N–H and O–H groups in total. The van der Waals surface area contributed by atoms with E-state index in [0.29, 0.717) is 0 Å². The molecule has 1 nitrogen and oxygen atoms in total. The fraction of sp³-hybridized carbons (Fsp3) is 0.250. The zero-order valence-electron chi connectivity index (χ0n) is 6.07. The van der Waals surface area contributed by atoms with Crippen LogP contribution in [0.4, 0.5) is 0 Å². The molecule has 0 amide bonds. The fourth-order valence-corrected chi connectivity index (χ4v) is 0.811. The first-order valence-electron chi connectivity index (χ1n) is 3.17. The molecule has 0 unspecified atom stereocenters. The van der Waals surface area contributed by atoms with E-state index in [1.165, 1.54) is 5.56 Å². The second-order valence-electron chi connectivity index (χ2n) is 2.02. The Morgan fingerprint density at radius 3 is 2.09 bits per heavy atom. The van der Waals surface area contributed by atoms with Crippen LogP contribution < -0.4 is 18.1 Å². The van der Waals surface area contributed by atoms with Crippen LogP contribution in [0.2, 0.25) is 0 Å². The van der Waals surface area contributed by atoms with Gasteiger partial charge in [-0.3, -0.25) is 0 Å². The van der Waals surface area contributed by atoms with Crippen LogP contribution in [0.25, 0.3) is 0 Å². The normalized spacial score (nSPS) is 7.73. The number of rotatable bonds is 2. The molecule has 0 aliphatic rings. The topological polar surface area (TPSA) is 26.0 Å². The first-order chi connectivity index (χ1) is 4.43. The Labute approximate surface area is 87.4 Å². The quantitative estimate of drug-likeness (QED) is 0.625. The predicted octanol–water partition coefficient (Wildman–Crippen LogP) is -1.81. The van der Waals surface area contributed by atoms with Gasteiger partial charge in [0.25, 0.3) is 0 Å². The molecule has 0 bridgehead atoms. The molecule has 1 aromatic carbocycles. The molecule has 0 fully saturated rings. The summed E-state index contributed by atoms with van der Waals surface area (Å²) in [7, 11) is 0. The van der Waals surface area contributed by atoms with Gasteiger partial charge < -0.3 is 18.1 Å². The molecular formula is C8H11ClNPd-. The summed E-state index contributed by atoms with van der Waals surface area (Å²) >= 11 is 0. The minimum atomic E-state index is 0. The molecule has 0 aromatic heterocycles. The number of hydrogen-bond donors (Lipinski definition) is 1. The number of halogens is 1. The maximum atomic E-state index is 5.36. The molecule has 11 heavy (non-hydrogen) atoms. The fourth-order valence-electron chi connectivity index (χ4n) is 0.811. The zero-order chi connectivity index (χ0) is 6.53. The Kier molecular flexibility index (Phi) is 10.3. The standard InChI is InChI=1S/C8H11N.ClH.Pd/c9-7-6-8-4-2-1-3-5-8;;/h1-5H,6-7,9H2;1H;/p-1. The minimum Gasteiger partial charge on any atom is -1.00 e. The van der Waals surface area contributed by atoms with E-state index < -0.39 is 0 Å². The van der Waals surface area contributed by atoms with Crippen molar-refractivity contribution in [3.63, 3.8) is 0 Å². The zero-order valence-corrected chi connectivity index (χ0v) is 8.38. The first kappa shape index (κ1) is 13.7. The number of hydrogen-bond acceptors (Lipinski definition) is 1. The molecule has 0 heterocycles. The van der Waals surface area contributed by atoms with Crippen molar-refractivity contribution in [3.8, 4) is 0 Å². The Bertz CT molecular complexity index is 167. The third kappa shape index (κ3) is 5.41. The van der Waals surface area contributed by atoms with Gasteiger partial charge >= 0.3 is 0 Å². The second kappa shape index (κ2) is 8.23. The molecule has 1 aromatic rings. The second-order valence-corrected chi connectivity index (χ2v) is 2.02. The van der Waals surface area contributed by atoms with Gasteiger partial charge in [-0.05, 0) is 18.5 Å². The van der Waals surface area contributed by atoms with Gasteiger partial charge in [-0.1, -0.05) is 30.3 Å². The Balaban J connectivity index is 0. The first-order valence-corrected chi connectivity index (χ1v) is 3.17. The van der Waals surface area contributed by atoms with Gasteiger partial charge in [0.2, 0.25) is 0 Å². The van der Waals surface area contributed by atoms with Crippen molar-refractivity contribution in [3.05, 3.63) is 35.9 Å². The van der Waals surface area contributed by atoms with Gasteiger partial charge in [-0.25, -0.2) is 0 Å². The van der Waals surface area contributed by atoms with Crippen molar-refractivity contribution < 1.29 is 32.8 Å². The van der Waals surface area contributed by atoms with Crippen molar-refractivity contribution in [1.82, 2.24) is 0 Å². The van der Waals surface area contributed by atoms with Gasteiger partial charge in [-0.2, -0.15) is 0 Å². The summed E-state index contributed by atoms with van der Waals surface area (Å²) < 4.78 is 0. The van der Waals surface area contributed by atoms with E-state index in [4.69, 9.17) is 5.73 Å². The Hall–Kier alpha value is 0.132. The molecule has 0 aliphatic heterocycles. The molecule has 0 saturated carbocycles. The average molecular weight is 263 g/mol. The monoisotopic (exact) mass is 262 g/mol. The van der Waals surface area contributed by atoms with Crippen LogP contribution in [0.15, 0.2) is 30.3 Å². The van der Waals surface area contributed by atoms with E-state index in [9.17, 15) is 0 Å². The summed E-state index contributed by atoms with van der Waals surface area (Å²) in [5, 5.41) is 0. The maximum absolute atomic E-state index is 5.36. The molecule has 66 valence electrons. The third-order valence-corrected chi connectivity index (χ3v) is 1.28. The van der Waals surface area contributed by atoms with Gasteiger partial charge in [0.15, 0.2) is 0 Å². The third-order valence-electron chi connectivity index (χ3n) is 1.28. The van der Waals surface area contributed by atoms with Crippen LogP contribution >= 0.6 is 0 Å². The summed E-state index contributed by atoms with van der Waals surface area (Å²) in [6, 6.07) is 10.3. The number of benzene rings is 1. The minimum absolute atomic E-state index is 0. The van der Waals surface area contributed by atoms with Crippen molar-refractivity contribution in [2.75, 3.05) is 6.54 Å². The van der Waals surface area contributed by atoms with Gasteiger partial charge in [-0.15, -0.1) is 0 Å². The van der Waals surface area contributed by atoms with Crippen LogP contribution in [0.5, 0.6) is 0 Å². The van der Waals surface area contributed by atoms with Crippen LogP contribution in [0, 0.1) is 0 Å². The van der Waals surface area contributed by atoms with E-state index in [-0.39, 0.29) is 32.8 Å². The molecule has 0 radical (unpaired) electrons. The summed E-state index contributed by atoms with van der Waals surface area (Å²) in [6.45, 7) is 0.740. The van der Waals surface area contributed by atoms with E-state index in [0.717, 1.165) is 13.0 Å². The van der Waals surface area contributed by atoms with Crippen LogP contribution in [-0.4, -0.2) is 6.54 Å².